The quantitative estimate of drug-likeness (QED) is 0.752. The van der Waals surface area contributed by atoms with Gasteiger partial charge in [0.15, 0.2) is 5.78 Å². The molecule has 0 aliphatic carbocycles. The average Bonchev–Trinajstić information content (AvgIpc) is 2.52. The lowest BCUT2D eigenvalue weighted by Crippen LogP contribution is -2.17. The van der Waals surface area contributed by atoms with Crippen molar-refractivity contribution in [3.63, 3.8) is 0 Å². The Hall–Kier alpha value is -1.61. The monoisotopic (exact) mass is 202 g/mol. The van der Waals surface area contributed by atoms with Crippen molar-refractivity contribution in [1.29, 1.82) is 0 Å². The first kappa shape index (κ1) is 9.93. The minimum atomic E-state index is -0.00815. The molecule has 0 aliphatic rings. The van der Waals surface area contributed by atoms with Crippen LogP contribution in [0, 0.1) is 6.92 Å². The number of carbonyl (C=O) groups is 1. The van der Waals surface area contributed by atoms with E-state index in [2.05, 4.69) is 0 Å². The van der Waals surface area contributed by atoms with Crippen molar-refractivity contribution in [3.8, 4) is 0 Å². The van der Waals surface area contributed by atoms with E-state index in [0.29, 0.717) is 0 Å². The van der Waals surface area contributed by atoms with Gasteiger partial charge in [-0.1, -0.05) is 18.2 Å². The molecule has 78 valence electrons. The number of para-hydroxylation sites is 1. The minimum Gasteiger partial charge on any atom is -0.341 e. The van der Waals surface area contributed by atoms with Gasteiger partial charge in [-0.15, -0.1) is 0 Å². The van der Waals surface area contributed by atoms with Crippen molar-refractivity contribution in [3.05, 3.63) is 35.5 Å². The number of nitrogens with zero attached hydrogens (tertiary/aromatic N) is 1. The lowest BCUT2D eigenvalue weighted by molar-refractivity contribution is 0.0993. The fourth-order valence-electron chi connectivity index (χ4n) is 2.08. The zero-order valence-corrected chi connectivity index (χ0v) is 8.95. The van der Waals surface area contributed by atoms with Crippen LogP contribution in [0.25, 0.3) is 10.9 Å². The van der Waals surface area contributed by atoms with E-state index in [1.807, 2.05) is 42.8 Å². The number of aromatic nitrogens is 1. The first-order valence-electron chi connectivity index (χ1n) is 4.94. The van der Waals surface area contributed by atoms with Crippen LogP contribution in [0.5, 0.6) is 0 Å². The summed E-state index contributed by atoms with van der Waals surface area (Å²) in [6.45, 7) is 2.02. The number of carbonyl (C=O) groups excluding carboxylic acids is 1. The zero-order valence-electron chi connectivity index (χ0n) is 8.95. The van der Waals surface area contributed by atoms with E-state index in [4.69, 9.17) is 5.73 Å². The summed E-state index contributed by atoms with van der Waals surface area (Å²) in [6, 6.07) is 7.98. The fraction of sp³-hybridized carbons (Fsp3) is 0.250. The zero-order chi connectivity index (χ0) is 11.0. The first-order chi connectivity index (χ1) is 7.16. The largest absolute Gasteiger partial charge is 0.341 e. The molecular weight excluding hydrogens is 188 g/mol. The number of nitrogens with two attached hydrogens (primary N) is 1. The summed E-state index contributed by atoms with van der Waals surface area (Å²) in [5, 5.41) is 1.12. The van der Waals surface area contributed by atoms with Gasteiger partial charge in [0, 0.05) is 18.0 Å². The van der Waals surface area contributed by atoms with Crippen LogP contribution in [0.15, 0.2) is 24.3 Å². The van der Waals surface area contributed by atoms with Crippen LogP contribution in [0.3, 0.4) is 0 Å². The predicted molar refractivity (Wildman–Crippen MR) is 61.0 cm³/mol. The molecule has 0 spiro atoms. The minimum absolute atomic E-state index is 0.00815. The highest BCUT2D eigenvalue weighted by atomic mass is 16.1. The Kier molecular flexibility index (Phi) is 2.32. The number of Topliss-reactive ketones (excluding diaryl/α,β-unsaturated/α-hetero) is 1. The van der Waals surface area contributed by atoms with Crippen LogP contribution in [-0.2, 0) is 7.05 Å². The van der Waals surface area contributed by atoms with Crippen LogP contribution in [-0.4, -0.2) is 16.9 Å². The number of aryl methyl sites for hydroxylation is 2. The van der Waals surface area contributed by atoms with Gasteiger partial charge in [-0.05, 0) is 18.6 Å². The van der Waals surface area contributed by atoms with Crippen molar-refractivity contribution >= 4 is 16.7 Å². The molecule has 2 aromatic rings. The van der Waals surface area contributed by atoms with Gasteiger partial charge >= 0.3 is 0 Å². The lowest BCUT2D eigenvalue weighted by Gasteiger charge is -2.02. The number of benzene rings is 1. The second kappa shape index (κ2) is 3.51. The van der Waals surface area contributed by atoms with Crippen LogP contribution >= 0.6 is 0 Å². The molecule has 0 fully saturated rings. The molecule has 1 aromatic heterocycles. The Bertz CT molecular complexity index is 487. The highest BCUT2D eigenvalue weighted by Crippen LogP contribution is 2.24. The van der Waals surface area contributed by atoms with Gasteiger partial charge in [0.05, 0.1) is 12.2 Å². The van der Waals surface area contributed by atoms with Gasteiger partial charge < -0.3 is 10.3 Å². The molecule has 15 heavy (non-hydrogen) atoms. The summed E-state index contributed by atoms with van der Waals surface area (Å²) >= 11 is 0. The van der Waals surface area contributed by atoms with E-state index in [1.165, 1.54) is 0 Å². The SMILES string of the molecule is Cc1c(C(=O)CN)n(C)c2ccccc12. The molecule has 3 heteroatoms. The van der Waals surface area contributed by atoms with E-state index in [0.717, 1.165) is 22.2 Å². The predicted octanol–water partition coefficient (Wildman–Crippen LogP) is 1.63. The van der Waals surface area contributed by atoms with Gasteiger partial charge in [-0.2, -0.15) is 0 Å². The van der Waals surface area contributed by atoms with Crippen LogP contribution in [0.1, 0.15) is 16.1 Å². The molecule has 2 N–H and O–H groups in total. The van der Waals surface area contributed by atoms with Crippen molar-refractivity contribution in [2.75, 3.05) is 6.54 Å². The molecule has 0 amide bonds. The van der Waals surface area contributed by atoms with E-state index < -0.39 is 0 Å². The fourth-order valence-corrected chi connectivity index (χ4v) is 2.08. The van der Waals surface area contributed by atoms with Gasteiger partial charge in [-0.3, -0.25) is 4.79 Å². The molecule has 0 radical (unpaired) electrons. The van der Waals surface area contributed by atoms with Crippen molar-refractivity contribution in [2.45, 2.75) is 6.92 Å². The molecule has 2 rings (SSSR count). The third kappa shape index (κ3) is 1.36. The normalized spacial score (nSPS) is 10.9. The molecule has 3 nitrogen and oxygen atoms in total. The van der Waals surface area contributed by atoms with E-state index in [9.17, 15) is 4.79 Å². The molecule has 0 bridgehead atoms. The Morgan fingerprint density at radius 2 is 2.07 bits per heavy atom. The first-order valence-corrected chi connectivity index (χ1v) is 4.94. The second-order valence-electron chi connectivity index (χ2n) is 3.68. The average molecular weight is 202 g/mol. The van der Waals surface area contributed by atoms with E-state index >= 15 is 0 Å². The maximum atomic E-state index is 11.7. The van der Waals surface area contributed by atoms with Crippen LogP contribution in [0.2, 0.25) is 0 Å². The number of ketones is 1. The van der Waals surface area contributed by atoms with E-state index in [-0.39, 0.29) is 12.3 Å². The Morgan fingerprint density at radius 3 is 2.67 bits per heavy atom. The van der Waals surface area contributed by atoms with Crippen molar-refractivity contribution in [1.82, 2.24) is 4.57 Å². The Balaban J connectivity index is 2.81. The topological polar surface area (TPSA) is 48.0 Å². The molecular formula is C12H14N2O. The van der Waals surface area contributed by atoms with Crippen molar-refractivity contribution < 1.29 is 4.79 Å². The molecule has 0 saturated carbocycles. The highest BCUT2D eigenvalue weighted by Gasteiger charge is 2.16. The Labute approximate surface area is 88.5 Å². The third-order valence-corrected chi connectivity index (χ3v) is 2.81. The van der Waals surface area contributed by atoms with Gasteiger partial charge in [0.1, 0.15) is 0 Å². The number of fused-ring (bicyclic) bond motifs is 1. The summed E-state index contributed by atoms with van der Waals surface area (Å²) in [5.41, 5.74) is 8.21. The molecule has 0 atom stereocenters. The molecule has 1 heterocycles. The van der Waals surface area contributed by atoms with Gasteiger partial charge in [0.25, 0.3) is 0 Å². The Morgan fingerprint density at radius 1 is 1.40 bits per heavy atom. The van der Waals surface area contributed by atoms with Gasteiger partial charge in [0.2, 0.25) is 0 Å². The molecule has 0 saturated heterocycles. The smallest absolute Gasteiger partial charge is 0.192 e. The van der Waals surface area contributed by atoms with Crippen molar-refractivity contribution in [2.24, 2.45) is 12.8 Å². The summed E-state index contributed by atoms with van der Waals surface area (Å²) in [6.07, 6.45) is 0. The summed E-state index contributed by atoms with van der Waals surface area (Å²) in [7, 11) is 1.90. The number of hydrogen-bond acceptors (Lipinski definition) is 2. The second-order valence-corrected chi connectivity index (χ2v) is 3.68. The van der Waals surface area contributed by atoms with E-state index in [1.54, 1.807) is 0 Å². The van der Waals surface area contributed by atoms with Crippen LogP contribution in [0.4, 0.5) is 0 Å². The maximum absolute atomic E-state index is 11.7. The highest BCUT2D eigenvalue weighted by molar-refractivity contribution is 6.03. The standard InChI is InChI=1S/C12H14N2O/c1-8-9-5-3-4-6-10(9)14(2)12(8)11(15)7-13/h3-6H,7,13H2,1-2H3. The lowest BCUT2D eigenvalue weighted by atomic mass is 10.1. The maximum Gasteiger partial charge on any atom is 0.192 e. The summed E-state index contributed by atoms with van der Waals surface area (Å²) < 4.78 is 1.92. The van der Waals surface area contributed by atoms with Crippen LogP contribution < -0.4 is 5.73 Å². The van der Waals surface area contributed by atoms with Gasteiger partial charge in [-0.25, -0.2) is 0 Å². The summed E-state index contributed by atoms with van der Waals surface area (Å²) in [4.78, 5) is 11.7. The molecule has 1 aromatic carbocycles. The summed E-state index contributed by atoms with van der Waals surface area (Å²) in [5.74, 6) is -0.00815. The molecule has 0 aliphatic heterocycles. The molecule has 0 unspecified atom stereocenters. The number of rotatable bonds is 2. The number of hydrogen-bond donors (Lipinski definition) is 1. The third-order valence-electron chi connectivity index (χ3n) is 2.81.